The fourth-order valence-electron chi connectivity index (χ4n) is 4.36. The van der Waals surface area contributed by atoms with E-state index in [0.29, 0.717) is 50.2 Å². The Bertz CT molecular complexity index is 1620. The fraction of sp³-hybridized carbons (Fsp3) is 0.321. The average Bonchev–Trinajstić information content (AvgIpc) is 3.23. The number of nitrogens with zero attached hydrogens (tertiary/aromatic N) is 2. The Morgan fingerprint density at radius 2 is 1.72 bits per heavy atom. The molecule has 206 valence electrons. The molecular weight excluding hydrogens is 588 g/mol. The van der Waals surface area contributed by atoms with Crippen molar-refractivity contribution in [2.24, 2.45) is 4.99 Å². The smallest absolute Gasteiger partial charge is 0.338 e. The van der Waals surface area contributed by atoms with E-state index in [9.17, 15) is 9.59 Å². The summed E-state index contributed by atoms with van der Waals surface area (Å²) < 4.78 is 30.1. The molecule has 0 fully saturated rings. The van der Waals surface area contributed by atoms with Crippen LogP contribution in [0.1, 0.15) is 37.9 Å². The van der Waals surface area contributed by atoms with Crippen LogP contribution in [0.15, 0.2) is 55.9 Å². The van der Waals surface area contributed by atoms with Gasteiger partial charge in [0.2, 0.25) is 0 Å². The number of esters is 1. The molecule has 0 aliphatic carbocycles. The van der Waals surface area contributed by atoms with Gasteiger partial charge in [0.15, 0.2) is 27.8 Å². The first-order chi connectivity index (χ1) is 18.8. The van der Waals surface area contributed by atoms with Gasteiger partial charge in [-0.25, -0.2) is 9.79 Å². The van der Waals surface area contributed by atoms with Crippen LogP contribution in [0.2, 0.25) is 0 Å². The maximum Gasteiger partial charge on any atom is 0.338 e. The second kappa shape index (κ2) is 12.1. The van der Waals surface area contributed by atoms with E-state index >= 15 is 0 Å². The molecule has 39 heavy (non-hydrogen) atoms. The molecule has 4 rings (SSSR count). The van der Waals surface area contributed by atoms with E-state index in [2.05, 4.69) is 20.9 Å². The number of methoxy groups -OCH3 is 3. The lowest BCUT2D eigenvalue weighted by atomic mass is 9.95. The lowest BCUT2D eigenvalue weighted by Gasteiger charge is -2.25. The molecule has 0 bridgehead atoms. The van der Waals surface area contributed by atoms with Gasteiger partial charge in [-0.3, -0.25) is 9.36 Å². The van der Waals surface area contributed by atoms with Crippen LogP contribution >= 0.6 is 27.3 Å². The summed E-state index contributed by atoms with van der Waals surface area (Å²) in [6.45, 7) is 6.04. The zero-order valence-corrected chi connectivity index (χ0v) is 24.9. The lowest BCUT2D eigenvalue weighted by molar-refractivity contribution is -0.139. The Morgan fingerprint density at radius 3 is 2.36 bits per heavy atom. The van der Waals surface area contributed by atoms with Gasteiger partial charge in [-0.15, -0.1) is 0 Å². The van der Waals surface area contributed by atoms with Gasteiger partial charge in [-0.1, -0.05) is 33.3 Å². The number of fused-ring (bicyclic) bond motifs is 1. The first-order valence-electron chi connectivity index (χ1n) is 12.2. The standard InChI is InChI=1S/C28H29BrN2O7S/c1-7-37-22-14-18(29)17(12-21(22)36-6)13-23-26(32)31-25(16-9-10-19(34-4)20(11-16)35-5)24(27(33)38-8-2)15(3)30-28(31)39-23/h9-14,25H,7-8H2,1-6H3/b23-13+/t25-/m0/s1. The molecule has 0 spiro atoms. The molecule has 1 aromatic heterocycles. The second-order valence-corrected chi connectivity index (χ2v) is 10.2. The van der Waals surface area contributed by atoms with Crippen LogP contribution in [-0.2, 0) is 9.53 Å². The second-order valence-electron chi connectivity index (χ2n) is 8.37. The predicted molar refractivity (Wildman–Crippen MR) is 152 cm³/mol. The molecule has 0 saturated heterocycles. The summed E-state index contributed by atoms with van der Waals surface area (Å²) in [5.41, 5.74) is 1.84. The Labute approximate surface area is 238 Å². The average molecular weight is 618 g/mol. The molecule has 0 unspecified atom stereocenters. The van der Waals surface area contributed by atoms with Crippen LogP contribution in [0, 0.1) is 0 Å². The van der Waals surface area contributed by atoms with Crippen molar-refractivity contribution >= 4 is 39.3 Å². The molecule has 2 heterocycles. The molecule has 2 aromatic carbocycles. The van der Waals surface area contributed by atoms with Gasteiger partial charge in [-0.05, 0) is 62.2 Å². The van der Waals surface area contributed by atoms with Crippen molar-refractivity contribution < 1.29 is 28.5 Å². The summed E-state index contributed by atoms with van der Waals surface area (Å²) in [6.07, 6.45) is 1.77. The lowest BCUT2D eigenvalue weighted by Crippen LogP contribution is -2.40. The number of benzene rings is 2. The van der Waals surface area contributed by atoms with Crippen LogP contribution < -0.4 is 33.8 Å². The molecule has 0 amide bonds. The summed E-state index contributed by atoms with van der Waals surface area (Å²) >= 11 is 4.81. The highest BCUT2D eigenvalue weighted by atomic mass is 79.9. The number of allylic oxidation sites excluding steroid dienone is 1. The molecule has 0 radical (unpaired) electrons. The van der Waals surface area contributed by atoms with Crippen LogP contribution in [0.4, 0.5) is 0 Å². The van der Waals surface area contributed by atoms with Gasteiger partial charge < -0.3 is 23.7 Å². The molecule has 0 N–H and O–H groups in total. The Morgan fingerprint density at radius 1 is 1.03 bits per heavy atom. The molecule has 9 nitrogen and oxygen atoms in total. The summed E-state index contributed by atoms with van der Waals surface area (Å²) in [4.78, 5) is 32.2. The number of carbonyl (C=O) groups excluding carboxylic acids is 1. The third-order valence-corrected chi connectivity index (χ3v) is 7.78. The highest BCUT2D eigenvalue weighted by molar-refractivity contribution is 9.10. The molecule has 1 aliphatic rings. The van der Waals surface area contributed by atoms with E-state index in [1.165, 1.54) is 23.0 Å². The van der Waals surface area contributed by atoms with Crippen LogP contribution in [0.5, 0.6) is 23.0 Å². The number of halogens is 1. The molecule has 1 atom stereocenters. The summed E-state index contributed by atoms with van der Waals surface area (Å²) in [5.74, 6) is 1.60. The van der Waals surface area contributed by atoms with Gasteiger partial charge in [0, 0.05) is 4.47 Å². The van der Waals surface area contributed by atoms with Crippen LogP contribution in [-0.4, -0.2) is 45.1 Å². The van der Waals surface area contributed by atoms with E-state index < -0.39 is 12.0 Å². The number of rotatable bonds is 9. The van der Waals surface area contributed by atoms with Crippen LogP contribution in [0.25, 0.3) is 6.08 Å². The van der Waals surface area contributed by atoms with E-state index in [-0.39, 0.29) is 17.7 Å². The van der Waals surface area contributed by atoms with Crippen molar-refractivity contribution in [3.05, 3.63) is 76.9 Å². The highest BCUT2D eigenvalue weighted by Gasteiger charge is 2.34. The van der Waals surface area contributed by atoms with E-state index in [1.54, 1.807) is 64.5 Å². The van der Waals surface area contributed by atoms with Crippen molar-refractivity contribution in [3.8, 4) is 23.0 Å². The molecule has 1 aliphatic heterocycles. The third-order valence-electron chi connectivity index (χ3n) is 6.11. The third kappa shape index (κ3) is 5.46. The minimum atomic E-state index is -0.777. The number of hydrogen-bond donors (Lipinski definition) is 0. The van der Waals surface area contributed by atoms with Gasteiger partial charge >= 0.3 is 5.97 Å². The quantitative estimate of drug-likeness (QED) is 0.335. The van der Waals surface area contributed by atoms with E-state index in [1.807, 2.05) is 6.92 Å². The molecule has 11 heteroatoms. The van der Waals surface area contributed by atoms with E-state index in [4.69, 9.17) is 23.7 Å². The maximum absolute atomic E-state index is 13.9. The highest BCUT2D eigenvalue weighted by Crippen LogP contribution is 2.36. The number of ether oxygens (including phenoxy) is 5. The SMILES string of the molecule is CCOC(=O)C1=C(C)N=c2s/c(=C/c3cc(OC)c(OCC)cc3Br)c(=O)n2[C@H]1c1ccc(OC)c(OC)c1. The maximum atomic E-state index is 13.9. The van der Waals surface area contributed by atoms with Gasteiger partial charge in [0.25, 0.3) is 5.56 Å². The fourth-order valence-corrected chi connectivity index (χ4v) is 5.83. The predicted octanol–water partition coefficient (Wildman–Crippen LogP) is 3.99. The Balaban J connectivity index is 1.96. The Hall–Kier alpha value is -3.57. The van der Waals surface area contributed by atoms with Gasteiger partial charge in [-0.2, -0.15) is 0 Å². The topological polar surface area (TPSA) is 97.6 Å². The summed E-state index contributed by atoms with van der Waals surface area (Å²) in [6, 6.07) is 8.13. The summed E-state index contributed by atoms with van der Waals surface area (Å²) in [5, 5.41) is 0. The van der Waals surface area contributed by atoms with Crippen LogP contribution in [0.3, 0.4) is 0 Å². The Kier molecular flexibility index (Phi) is 8.81. The minimum absolute atomic E-state index is 0.187. The van der Waals surface area contributed by atoms with Crippen molar-refractivity contribution in [1.82, 2.24) is 4.57 Å². The van der Waals surface area contributed by atoms with Gasteiger partial charge in [0.1, 0.15) is 0 Å². The minimum Gasteiger partial charge on any atom is -0.493 e. The van der Waals surface area contributed by atoms with Crippen molar-refractivity contribution in [2.45, 2.75) is 26.8 Å². The van der Waals surface area contributed by atoms with Gasteiger partial charge in [0.05, 0.1) is 56.4 Å². The molecule has 0 saturated carbocycles. The number of carbonyl (C=O) groups is 1. The van der Waals surface area contributed by atoms with Crippen molar-refractivity contribution in [2.75, 3.05) is 34.5 Å². The number of thiazole rings is 1. The zero-order valence-electron chi connectivity index (χ0n) is 22.5. The monoisotopic (exact) mass is 616 g/mol. The summed E-state index contributed by atoms with van der Waals surface area (Å²) in [7, 11) is 4.64. The van der Waals surface area contributed by atoms with Crippen molar-refractivity contribution in [3.63, 3.8) is 0 Å². The van der Waals surface area contributed by atoms with E-state index in [0.717, 1.165) is 10.0 Å². The number of aromatic nitrogens is 1. The largest absolute Gasteiger partial charge is 0.493 e. The molecular formula is C28H29BrN2O7S. The zero-order chi connectivity index (χ0) is 28.3. The molecule has 3 aromatic rings. The van der Waals surface area contributed by atoms with Crippen molar-refractivity contribution in [1.29, 1.82) is 0 Å². The first-order valence-corrected chi connectivity index (χ1v) is 13.8. The normalized spacial score (nSPS) is 14.9. The first kappa shape index (κ1) is 28.4. The number of hydrogen-bond acceptors (Lipinski definition) is 9.